The number of aromatic nitrogens is 3. The molecule has 0 radical (unpaired) electrons. The molecule has 0 spiro atoms. The highest BCUT2D eigenvalue weighted by Crippen LogP contribution is 2.27. The van der Waals surface area contributed by atoms with Crippen molar-refractivity contribution in [3.63, 3.8) is 0 Å². The average molecular weight is 334 g/mol. The van der Waals surface area contributed by atoms with Crippen LogP contribution in [-0.4, -0.2) is 38.2 Å². The molecule has 0 aliphatic carbocycles. The zero-order valence-corrected chi connectivity index (χ0v) is 13.7. The number of nitro benzene ring substituents is 1. The van der Waals surface area contributed by atoms with Gasteiger partial charge in [0.1, 0.15) is 0 Å². The predicted octanol–water partition coefficient (Wildman–Crippen LogP) is 3.14. The molecular weight excluding hydrogens is 316 g/mol. The molecule has 0 N–H and O–H groups in total. The van der Waals surface area contributed by atoms with E-state index in [2.05, 4.69) is 21.7 Å². The summed E-state index contributed by atoms with van der Waals surface area (Å²) in [6.07, 6.45) is 2.29. The summed E-state index contributed by atoms with van der Waals surface area (Å²) in [7, 11) is 0. The zero-order valence-electron chi connectivity index (χ0n) is 12.8. The summed E-state index contributed by atoms with van der Waals surface area (Å²) >= 11 is 1.63. The lowest BCUT2D eigenvalue weighted by Crippen LogP contribution is -2.16. The first-order valence-corrected chi connectivity index (χ1v) is 8.60. The van der Waals surface area contributed by atoms with Crippen molar-refractivity contribution in [2.24, 2.45) is 0 Å². The van der Waals surface area contributed by atoms with Gasteiger partial charge in [0.2, 0.25) is 0 Å². The Morgan fingerprint density at radius 1 is 1.39 bits per heavy atom. The second-order valence-corrected chi connectivity index (χ2v) is 6.52. The van der Waals surface area contributed by atoms with Crippen LogP contribution in [0.3, 0.4) is 0 Å². The molecule has 8 heteroatoms. The molecule has 2 aromatic rings. The number of nitro groups is 1. The van der Waals surface area contributed by atoms with Gasteiger partial charge in [0.05, 0.1) is 17.6 Å². The van der Waals surface area contributed by atoms with E-state index >= 15 is 0 Å². The summed E-state index contributed by atoms with van der Waals surface area (Å²) in [5.74, 6) is 1.63. The van der Waals surface area contributed by atoms with E-state index in [4.69, 9.17) is 4.74 Å². The van der Waals surface area contributed by atoms with Crippen LogP contribution in [0.15, 0.2) is 29.4 Å². The highest BCUT2D eigenvalue weighted by molar-refractivity contribution is 7.99. The van der Waals surface area contributed by atoms with E-state index in [1.54, 1.807) is 23.9 Å². The van der Waals surface area contributed by atoms with Crippen molar-refractivity contribution in [3.8, 4) is 11.4 Å². The SMILES string of the molecule is CCSc1nnc(-c2ccc([N+](=O)[O-])cc2)n1CC1CCCO1. The highest BCUT2D eigenvalue weighted by Gasteiger charge is 2.21. The Morgan fingerprint density at radius 3 is 2.78 bits per heavy atom. The number of ether oxygens (including phenoxy) is 1. The van der Waals surface area contributed by atoms with Crippen LogP contribution in [0.25, 0.3) is 11.4 Å². The first-order chi connectivity index (χ1) is 11.2. The van der Waals surface area contributed by atoms with E-state index in [1.807, 2.05) is 0 Å². The largest absolute Gasteiger partial charge is 0.376 e. The number of hydrogen-bond acceptors (Lipinski definition) is 6. The van der Waals surface area contributed by atoms with Crippen LogP contribution in [0.4, 0.5) is 5.69 Å². The summed E-state index contributed by atoms with van der Waals surface area (Å²) in [6, 6.07) is 6.42. The van der Waals surface area contributed by atoms with E-state index in [0.717, 1.165) is 41.7 Å². The van der Waals surface area contributed by atoms with Crippen molar-refractivity contribution in [2.45, 2.75) is 37.6 Å². The molecule has 1 aromatic carbocycles. The van der Waals surface area contributed by atoms with Crippen LogP contribution in [-0.2, 0) is 11.3 Å². The Morgan fingerprint density at radius 2 is 2.17 bits per heavy atom. The molecule has 0 saturated carbocycles. The topological polar surface area (TPSA) is 83.1 Å². The lowest BCUT2D eigenvalue weighted by molar-refractivity contribution is -0.384. The number of thioether (sulfide) groups is 1. The maximum absolute atomic E-state index is 10.8. The standard InChI is InChI=1S/C15H18N4O3S/c1-2-23-15-17-16-14(18(15)10-13-4-3-9-22-13)11-5-7-12(8-6-11)19(20)21/h5-8,13H,2-4,9-10H2,1H3. The van der Waals surface area contributed by atoms with Crippen molar-refractivity contribution >= 4 is 17.4 Å². The minimum atomic E-state index is -0.404. The Labute approximate surface area is 138 Å². The van der Waals surface area contributed by atoms with Crippen LogP contribution in [0.1, 0.15) is 19.8 Å². The second kappa shape index (κ2) is 7.10. The fourth-order valence-corrected chi connectivity index (χ4v) is 3.30. The fourth-order valence-electron chi connectivity index (χ4n) is 2.63. The van der Waals surface area contributed by atoms with Gasteiger partial charge in [-0.1, -0.05) is 18.7 Å². The zero-order chi connectivity index (χ0) is 16.2. The van der Waals surface area contributed by atoms with Crippen molar-refractivity contribution < 1.29 is 9.66 Å². The smallest absolute Gasteiger partial charge is 0.269 e. The Hall–Kier alpha value is -1.93. The number of rotatable bonds is 6. The molecule has 1 fully saturated rings. The van der Waals surface area contributed by atoms with Crippen LogP contribution >= 0.6 is 11.8 Å². The predicted molar refractivity (Wildman–Crippen MR) is 87.5 cm³/mol. The van der Waals surface area contributed by atoms with Gasteiger partial charge in [-0.3, -0.25) is 14.7 Å². The van der Waals surface area contributed by atoms with Crippen LogP contribution in [0.5, 0.6) is 0 Å². The third-order valence-corrected chi connectivity index (χ3v) is 4.59. The molecule has 0 amide bonds. The summed E-state index contributed by atoms with van der Waals surface area (Å²) in [5, 5.41) is 20.2. The minimum Gasteiger partial charge on any atom is -0.376 e. The van der Waals surface area contributed by atoms with Gasteiger partial charge in [0.15, 0.2) is 11.0 Å². The lowest BCUT2D eigenvalue weighted by Gasteiger charge is -2.14. The molecule has 0 bridgehead atoms. The van der Waals surface area contributed by atoms with Crippen LogP contribution in [0.2, 0.25) is 0 Å². The third-order valence-electron chi connectivity index (χ3n) is 3.74. The summed E-state index contributed by atoms with van der Waals surface area (Å²) in [5.41, 5.74) is 0.895. The summed E-state index contributed by atoms with van der Waals surface area (Å²) in [4.78, 5) is 10.4. The highest BCUT2D eigenvalue weighted by atomic mass is 32.2. The maximum atomic E-state index is 10.8. The fraction of sp³-hybridized carbons (Fsp3) is 0.467. The first kappa shape index (κ1) is 15.9. The monoisotopic (exact) mass is 334 g/mol. The molecule has 1 aliphatic rings. The Kier molecular flexibility index (Phi) is 4.92. The molecule has 1 atom stereocenters. The van der Waals surface area contributed by atoms with E-state index in [9.17, 15) is 10.1 Å². The summed E-state index contributed by atoms with van der Waals surface area (Å²) < 4.78 is 7.79. The van der Waals surface area contributed by atoms with Crippen molar-refractivity contribution in [1.82, 2.24) is 14.8 Å². The van der Waals surface area contributed by atoms with Gasteiger partial charge in [0.25, 0.3) is 5.69 Å². The molecule has 1 unspecified atom stereocenters. The minimum absolute atomic E-state index is 0.0714. The molecule has 2 heterocycles. The third kappa shape index (κ3) is 3.53. The van der Waals surface area contributed by atoms with Crippen LogP contribution in [0, 0.1) is 10.1 Å². The van der Waals surface area contributed by atoms with E-state index in [-0.39, 0.29) is 11.8 Å². The molecular formula is C15H18N4O3S. The molecule has 23 heavy (non-hydrogen) atoms. The lowest BCUT2D eigenvalue weighted by atomic mass is 10.2. The number of nitrogens with zero attached hydrogens (tertiary/aromatic N) is 4. The molecule has 1 aromatic heterocycles. The van der Waals surface area contributed by atoms with E-state index in [0.29, 0.717) is 6.54 Å². The number of benzene rings is 1. The van der Waals surface area contributed by atoms with Crippen molar-refractivity contribution in [2.75, 3.05) is 12.4 Å². The van der Waals surface area contributed by atoms with Gasteiger partial charge in [-0.05, 0) is 30.7 Å². The first-order valence-electron chi connectivity index (χ1n) is 7.61. The average Bonchev–Trinajstić information content (AvgIpc) is 3.19. The van der Waals surface area contributed by atoms with Crippen LogP contribution < -0.4 is 0 Å². The molecule has 7 nitrogen and oxygen atoms in total. The number of hydrogen-bond donors (Lipinski definition) is 0. The number of non-ortho nitro benzene ring substituents is 1. The Balaban J connectivity index is 1.92. The van der Waals surface area contributed by atoms with Gasteiger partial charge in [-0.2, -0.15) is 0 Å². The normalized spacial score (nSPS) is 17.5. The van der Waals surface area contributed by atoms with Gasteiger partial charge in [0, 0.05) is 24.3 Å². The molecule has 1 aliphatic heterocycles. The van der Waals surface area contributed by atoms with E-state index in [1.165, 1.54) is 12.1 Å². The maximum Gasteiger partial charge on any atom is 0.269 e. The second-order valence-electron chi connectivity index (χ2n) is 5.29. The van der Waals surface area contributed by atoms with Gasteiger partial charge >= 0.3 is 0 Å². The quantitative estimate of drug-likeness (QED) is 0.458. The van der Waals surface area contributed by atoms with Gasteiger partial charge in [-0.25, -0.2) is 0 Å². The van der Waals surface area contributed by atoms with Crippen molar-refractivity contribution in [1.29, 1.82) is 0 Å². The van der Waals surface area contributed by atoms with Crippen molar-refractivity contribution in [3.05, 3.63) is 34.4 Å². The molecule has 122 valence electrons. The van der Waals surface area contributed by atoms with Gasteiger partial charge < -0.3 is 4.74 Å². The molecule has 1 saturated heterocycles. The van der Waals surface area contributed by atoms with Gasteiger partial charge in [-0.15, -0.1) is 10.2 Å². The van der Waals surface area contributed by atoms with E-state index < -0.39 is 4.92 Å². The molecule has 3 rings (SSSR count). The summed E-state index contributed by atoms with van der Waals surface area (Å²) in [6.45, 7) is 3.58. The Bertz CT molecular complexity index is 681.